The van der Waals surface area contributed by atoms with Crippen molar-refractivity contribution >= 4 is 27.5 Å². The van der Waals surface area contributed by atoms with E-state index in [1.807, 2.05) is 32.6 Å². The molecule has 1 aromatic carbocycles. The van der Waals surface area contributed by atoms with Crippen molar-refractivity contribution < 1.29 is 22.9 Å². The highest BCUT2D eigenvalue weighted by Gasteiger charge is 2.37. The SMILES string of the molecule is CCCCC(CC)C(=O)N1CCN(C(=O)C(NS(=O)(=O)c2ccc([N+](=O)[O-])cc2)C(C)CC)CC1C. The lowest BCUT2D eigenvalue weighted by Crippen LogP contribution is -2.60. The van der Waals surface area contributed by atoms with E-state index in [0.717, 1.165) is 49.9 Å². The summed E-state index contributed by atoms with van der Waals surface area (Å²) in [4.78, 5) is 40.3. The number of benzene rings is 1. The molecule has 2 rings (SSSR count). The summed E-state index contributed by atoms with van der Waals surface area (Å²) in [5.41, 5.74) is -0.218. The summed E-state index contributed by atoms with van der Waals surface area (Å²) in [7, 11) is -4.09. The summed E-state index contributed by atoms with van der Waals surface area (Å²) in [5.74, 6) is -0.496. The van der Waals surface area contributed by atoms with Gasteiger partial charge in [0.2, 0.25) is 21.8 Å². The Morgan fingerprint density at radius 2 is 1.75 bits per heavy atom. The Morgan fingerprint density at radius 3 is 2.25 bits per heavy atom. The predicted octanol–water partition coefficient (Wildman–Crippen LogP) is 3.56. The summed E-state index contributed by atoms with van der Waals surface area (Å²) >= 11 is 0. The highest BCUT2D eigenvalue weighted by Crippen LogP contribution is 2.23. The normalized spacial score (nSPS) is 19.0. The Hall–Kier alpha value is -2.53. The molecule has 0 radical (unpaired) electrons. The number of nitro benzene ring substituents is 1. The van der Waals surface area contributed by atoms with Gasteiger partial charge in [-0.05, 0) is 37.8 Å². The third kappa shape index (κ3) is 7.25. The van der Waals surface area contributed by atoms with Crippen molar-refractivity contribution in [2.45, 2.75) is 83.7 Å². The van der Waals surface area contributed by atoms with Gasteiger partial charge in [-0.3, -0.25) is 19.7 Å². The molecule has 4 unspecified atom stereocenters. The summed E-state index contributed by atoms with van der Waals surface area (Å²) in [6.07, 6.45) is 4.25. The number of nitrogens with zero attached hydrogens (tertiary/aromatic N) is 3. The largest absolute Gasteiger partial charge is 0.337 e. The Morgan fingerprint density at radius 1 is 1.11 bits per heavy atom. The fraction of sp³-hybridized carbons (Fsp3) is 0.680. The zero-order chi connectivity index (χ0) is 27.0. The number of piperazine rings is 1. The van der Waals surface area contributed by atoms with Crippen molar-refractivity contribution in [2.75, 3.05) is 19.6 Å². The third-order valence-corrected chi connectivity index (χ3v) is 8.55. The Balaban J connectivity index is 2.15. The van der Waals surface area contributed by atoms with Crippen LogP contribution >= 0.6 is 0 Å². The zero-order valence-electron chi connectivity index (χ0n) is 22.0. The molecule has 1 saturated heterocycles. The number of non-ortho nitro benzene ring substituents is 1. The highest BCUT2D eigenvalue weighted by atomic mass is 32.2. The molecule has 0 aromatic heterocycles. The van der Waals surface area contributed by atoms with Crippen LogP contribution in [0.1, 0.15) is 66.7 Å². The summed E-state index contributed by atoms with van der Waals surface area (Å²) in [6, 6.07) is 3.40. The maximum Gasteiger partial charge on any atom is 0.269 e. The van der Waals surface area contributed by atoms with E-state index in [-0.39, 0.29) is 40.3 Å². The van der Waals surface area contributed by atoms with Crippen LogP contribution in [0.4, 0.5) is 5.69 Å². The van der Waals surface area contributed by atoms with Crippen molar-refractivity contribution in [3.63, 3.8) is 0 Å². The van der Waals surface area contributed by atoms with Gasteiger partial charge in [0, 0.05) is 43.7 Å². The highest BCUT2D eigenvalue weighted by molar-refractivity contribution is 7.89. The third-order valence-electron chi connectivity index (χ3n) is 7.09. The summed E-state index contributed by atoms with van der Waals surface area (Å²) in [5, 5.41) is 10.9. The van der Waals surface area contributed by atoms with E-state index in [9.17, 15) is 28.1 Å². The minimum atomic E-state index is -4.09. The molecule has 0 bridgehead atoms. The number of unbranched alkanes of at least 4 members (excludes halogenated alkanes) is 1. The van der Waals surface area contributed by atoms with Crippen LogP contribution in [0.5, 0.6) is 0 Å². The molecule has 1 fully saturated rings. The van der Waals surface area contributed by atoms with Gasteiger partial charge >= 0.3 is 0 Å². The number of hydrogen-bond acceptors (Lipinski definition) is 6. The summed E-state index contributed by atoms with van der Waals surface area (Å²) < 4.78 is 28.6. The Kier molecular flexibility index (Phi) is 10.8. The number of carbonyl (C=O) groups is 2. The molecular weight excluding hydrogens is 484 g/mol. The number of hydrogen-bond donors (Lipinski definition) is 1. The topological polar surface area (TPSA) is 130 Å². The lowest BCUT2D eigenvalue weighted by atomic mass is 9.96. The second kappa shape index (κ2) is 13.1. The average Bonchev–Trinajstić information content (AvgIpc) is 2.86. The van der Waals surface area contributed by atoms with Gasteiger partial charge in [-0.2, -0.15) is 4.72 Å². The number of nitrogens with one attached hydrogen (secondary N) is 1. The monoisotopic (exact) mass is 524 g/mol. The van der Waals surface area contributed by atoms with Gasteiger partial charge in [-0.25, -0.2) is 8.42 Å². The Labute approximate surface area is 214 Å². The molecule has 10 nitrogen and oxygen atoms in total. The molecular formula is C25H40N4O6S. The van der Waals surface area contributed by atoms with Crippen molar-refractivity contribution in [1.82, 2.24) is 14.5 Å². The number of sulfonamides is 1. The van der Waals surface area contributed by atoms with E-state index in [2.05, 4.69) is 11.6 Å². The van der Waals surface area contributed by atoms with E-state index in [1.165, 1.54) is 0 Å². The molecule has 0 spiro atoms. The van der Waals surface area contributed by atoms with Gasteiger partial charge in [0.05, 0.1) is 9.82 Å². The van der Waals surface area contributed by atoms with E-state index < -0.39 is 21.0 Å². The van der Waals surface area contributed by atoms with Gasteiger partial charge in [-0.1, -0.05) is 47.0 Å². The molecule has 11 heteroatoms. The fourth-order valence-electron chi connectivity index (χ4n) is 4.50. The minimum absolute atomic E-state index is 0.0176. The average molecular weight is 525 g/mol. The lowest BCUT2D eigenvalue weighted by Gasteiger charge is -2.42. The predicted molar refractivity (Wildman–Crippen MR) is 138 cm³/mol. The van der Waals surface area contributed by atoms with Gasteiger partial charge in [-0.15, -0.1) is 0 Å². The molecule has 202 valence electrons. The molecule has 1 aliphatic heterocycles. The van der Waals surface area contributed by atoms with Crippen molar-refractivity contribution in [2.24, 2.45) is 11.8 Å². The molecule has 4 atom stereocenters. The number of rotatable bonds is 12. The van der Waals surface area contributed by atoms with Crippen LogP contribution in [-0.2, 0) is 19.6 Å². The standard InChI is InChI=1S/C25H40N4O6S/c1-6-9-10-20(8-3)24(30)28-16-15-27(17-19(28)5)25(31)23(18(4)7-2)26-36(34,35)22-13-11-21(12-14-22)29(32)33/h11-14,18-20,23,26H,6-10,15-17H2,1-5H3. The minimum Gasteiger partial charge on any atom is -0.337 e. The van der Waals surface area contributed by atoms with Crippen molar-refractivity contribution in [1.29, 1.82) is 0 Å². The number of amides is 2. The van der Waals surface area contributed by atoms with E-state index in [1.54, 1.807) is 4.90 Å². The van der Waals surface area contributed by atoms with Crippen LogP contribution in [0.25, 0.3) is 0 Å². The maximum atomic E-state index is 13.5. The van der Waals surface area contributed by atoms with Gasteiger partial charge in [0.15, 0.2) is 0 Å². The zero-order valence-corrected chi connectivity index (χ0v) is 22.8. The number of carbonyl (C=O) groups excluding carboxylic acids is 2. The molecule has 2 amide bonds. The van der Waals surface area contributed by atoms with Crippen molar-refractivity contribution in [3.05, 3.63) is 34.4 Å². The summed E-state index contributed by atoms with van der Waals surface area (Å²) in [6.45, 7) is 10.8. The number of nitro groups is 1. The molecule has 1 heterocycles. The van der Waals surface area contributed by atoms with Crippen LogP contribution in [-0.4, -0.2) is 66.7 Å². The van der Waals surface area contributed by atoms with Gasteiger partial charge < -0.3 is 9.80 Å². The first kappa shape index (κ1) is 29.7. The lowest BCUT2D eigenvalue weighted by molar-refractivity contribution is -0.384. The van der Waals surface area contributed by atoms with Crippen LogP contribution in [0.2, 0.25) is 0 Å². The molecule has 1 aromatic rings. The van der Waals surface area contributed by atoms with Crippen molar-refractivity contribution in [3.8, 4) is 0 Å². The van der Waals surface area contributed by atoms with Gasteiger partial charge in [0.1, 0.15) is 6.04 Å². The second-order valence-corrected chi connectivity index (χ2v) is 11.4. The Bertz CT molecular complexity index is 1010. The molecule has 1 aliphatic rings. The van der Waals surface area contributed by atoms with Crippen LogP contribution < -0.4 is 4.72 Å². The van der Waals surface area contributed by atoms with Crippen LogP contribution in [0.15, 0.2) is 29.2 Å². The van der Waals surface area contributed by atoms with E-state index in [0.29, 0.717) is 26.1 Å². The first-order chi connectivity index (χ1) is 17.0. The van der Waals surface area contributed by atoms with Crippen LogP contribution in [0, 0.1) is 22.0 Å². The second-order valence-electron chi connectivity index (χ2n) is 9.65. The maximum absolute atomic E-state index is 13.5. The fourth-order valence-corrected chi connectivity index (χ4v) is 5.79. The first-order valence-corrected chi connectivity index (χ1v) is 14.3. The van der Waals surface area contributed by atoms with E-state index in [4.69, 9.17) is 0 Å². The van der Waals surface area contributed by atoms with E-state index >= 15 is 0 Å². The quantitative estimate of drug-likeness (QED) is 0.329. The molecule has 0 aliphatic carbocycles. The van der Waals surface area contributed by atoms with Gasteiger partial charge in [0.25, 0.3) is 5.69 Å². The molecule has 1 N–H and O–H groups in total. The smallest absolute Gasteiger partial charge is 0.269 e. The molecule has 0 saturated carbocycles. The first-order valence-electron chi connectivity index (χ1n) is 12.8. The van der Waals surface area contributed by atoms with Crippen LogP contribution in [0.3, 0.4) is 0 Å². The molecule has 36 heavy (non-hydrogen) atoms.